The highest BCUT2D eigenvalue weighted by Crippen LogP contribution is 2.36. The van der Waals surface area contributed by atoms with Crippen molar-refractivity contribution in [3.8, 4) is 5.88 Å². The number of carbonyl (C=O) groups is 1. The second-order valence-electron chi connectivity index (χ2n) is 6.49. The molecular weight excluding hydrogens is 353 g/mol. The highest BCUT2D eigenvalue weighted by Gasteiger charge is 2.17. The van der Waals surface area contributed by atoms with Gasteiger partial charge in [-0.15, -0.1) is 21.6 Å². The van der Waals surface area contributed by atoms with Crippen LogP contribution in [0.3, 0.4) is 0 Å². The maximum absolute atomic E-state index is 13.3. The van der Waals surface area contributed by atoms with Crippen molar-refractivity contribution >= 4 is 33.8 Å². The summed E-state index contributed by atoms with van der Waals surface area (Å²) in [6, 6.07) is 5.96. The van der Waals surface area contributed by atoms with E-state index in [9.17, 15) is 14.3 Å². The predicted molar refractivity (Wildman–Crippen MR) is 99.0 cm³/mol. The van der Waals surface area contributed by atoms with Crippen LogP contribution in [0, 0.1) is 5.82 Å². The number of hydrogen-bond acceptors (Lipinski definition) is 4. The Kier molecular flexibility index (Phi) is 4.55. The molecule has 26 heavy (non-hydrogen) atoms. The van der Waals surface area contributed by atoms with Crippen molar-refractivity contribution in [1.29, 1.82) is 0 Å². The van der Waals surface area contributed by atoms with Gasteiger partial charge in [0.2, 0.25) is 5.88 Å². The number of aryl methyl sites for hydroxylation is 2. The number of nitrogens with one attached hydrogen (secondary N) is 1. The van der Waals surface area contributed by atoms with Gasteiger partial charge in [0.15, 0.2) is 5.69 Å². The number of fused-ring (bicyclic) bond motifs is 2. The Hall–Kier alpha value is -2.54. The summed E-state index contributed by atoms with van der Waals surface area (Å²) in [7, 11) is 0. The first-order valence-electron chi connectivity index (χ1n) is 8.69. The number of azo groups is 1. The van der Waals surface area contributed by atoms with E-state index < -0.39 is 11.7 Å². The lowest BCUT2D eigenvalue weighted by Gasteiger charge is -2.07. The summed E-state index contributed by atoms with van der Waals surface area (Å²) in [5, 5.41) is 18.2. The highest BCUT2D eigenvalue weighted by atomic mass is 32.1. The molecule has 1 amide bonds. The van der Waals surface area contributed by atoms with Crippen LogP contribution in [0.15, 0.2) is 34.5 Å². The summed E-state index contributed by atoms with van der Waals surface area (Å²) in [6.45, 7) is 0. The van der Waals surface area contributed by atoms with Gasteiger partial charge in [-0.05, 0) is 55.5 Å². The van der Waals surface area contributed by atoms with Gasteiger partial charge in [0.1, 0.15) is 5.82 Å². The van der Waals surface area contributed by atoms with Gasteiger partial charge >= 0.3 is 5.91 Å². The molecular formula is C19H18FN3O2S. The maximum Gasteiger partial charge on any atom is 0.305 e. The Labute approximate surface area is 153 Å². The number of aromatic amines is 1. The number of rotatable bonds is 2. The molecule has 7 heteroatoms. The monoisotopic (exact) mass is 371 g/mol. The highest BCUT2D eigenvalue weighted by molar-refractivity contribution is 7.14. The van der Waals surface area contributed by atoms with E-state index in [2.05, 4.69) is 15.2 Å². The lowest BCUT2D eigenvalue weighted by Crippen LogP contribution is -1.94. The van der Waals surface area contributed by atoms with Gasteiger partial charge in [0.25, 0.3) is 0 Å². The smallest absolute Gasteiger partial charge is 0.305 e. The van der Waals surface area contributed by atoms with Crippen LogP contribution >= 0.6 is 11.3 Å². The van der Waals surface area contributed by atoms with E-state index in [4.69, 9.17) is 0 Å². The van der Waals surface area contributed by atoms with E-state index in [1.807, 2.05) is 6.07 Å². The van der Waals surface area contributed by atoms with E-state index in [0.717, 1.165) is 25.7 Å². The Bertz CT molecular complexity index is 980. The van der Waals surface area contributed by atoms with Crippen LogP contribution in [-0.4, -0.2) is 16.0 Å². The van der Waals surface area contributed by atoms with Crippen LogP contribution in [-0.2, 0) is 12.8 Å². The van der Waals surface area contributed by atoms with E-state index in [-0.39, 0.29) is 11.6 Å². The SMILES string of the molecule is O=C(N=Nc1c(O)[nH]c2cc(F)ccc12)c1cc2c(s1)CCCCCC2. The van der Waals surface area contributed by atoms with Crippen molar-refractivity contribution < 1.29 is 14.3 Å². The largest absolute Gasteiger partial charge is 0.493 e. The summed E-state index contributed by atoms with van der Waals surface area (Å²) in [6.07, 6.45) is 6.80. The topological polar surface area (TPSA) is 77.8 Å². The standard InChI is InChI=1S/C19H18FN3O2S/c20-12-7-8-13-14(10-12)21-19(25)17(13)22-23-18(24)16-9-11-5-3-1-2-4-6-15(11)26-16/h7-10,21,25H,1-6H2. The molecule has 0 atom stereocenters. The zero-order valence-electron chi connectivity index (χ0n) is 14.1. The number of aromatic nitrogens is 1. The minimum absolute atomic E-state index is 0.142. The van der Waals surface area contributed by atoms with Crippen molar-refractivity contribution in [2.24, 2.45) is 10.2 Å². The Balaban J connectivity index is 1.60. The molecule has 2 heterocycles. The maximum atomic E-state index is 13.3. The molecule has 3 aromatic rings. The fraction of sp³-hybridized carbons (Fsp3) is 0.316. The van der Waals surface area contributed by atoms with Gasteiger partial charge in [0, 0.05) is 10.3 Å². The first-order chi connectivity index (χ1) is 12.6. The number of amides is 1. The number of H-pyrrole nitrogens is 1. The molecule has 1 aliphatic carbocycles. The molecule has 0 radical (unpaired) electrons. The van der Waals surface area contributed by atoms with Gasteiger partial charge < -0.3 is 10.1 Å². The second-order valence-corrected chi connectivity index (χ2v) is 7.63. The van der Waals surface area contributed by atoms with Gasteiger partial charge in [-0.3, -0.25) is 4.79 Å². The number of halogens is 1. The van der Waals surface area contributed by atoms with Crippen molar-refractivity contribution in [2.75, 3.05) is 0 Å². The summed E-state index contributed by atoms with van der Waals surface area (Å²) in [5.74, 6) is -1.08. The second kappa shape index (κ2) is 6.99. The van der Waals surface area contributed by atoms with Crippen LogP contribution in [0.25, 0.3) is 10.9 Å². The van der Waals surface area contributed by atoms with E-state index in [0.29, 0.717) is 15.8 Å². The summed E-state index contributed by atoms with van der Waals surface area (Å²) >= 11 is 1.49. The third kappa shape index (κ3) is 3.26. The molecule has 1 aromatic carbocycles. The molecule has 0 fully saturated rings. The number of aromatic hydroxyl groups is 1. The van der Waals surface area contributed by atoms with E-state index in [1.54, 1.807) is 0 Å². The molecule has 4 rings (SSSR count). The normalized spacial score (nSPS) is 15.1. The molecule has 0 spiro atoms. The molecule has 0 saturated carbocycles. The fourth-order valence-corrected chi connectivity index (χ4v) is 4.47. The summed E-state index contributed by atoms with van der Waals surface area (Å²) < 4.78 is 13.3. The number of benzene rings is 1. The lowest BCUT2D eigenvalue weighted by molar-refractivity contribution is 0.0999. The molecule has 0 aliphatic heterocycles. The lowest BCUT2D eigenvalue weighted by atomic mass is 10.00. The first-order valence-corrected chi connectivity index (χ1v) is 9.51. The van der Waals surface area contributed by atoms with Crippen molar-refractivity contribution in [1.82, 2.24) is 4.98 Å². The van der Waals surface area contributed by atoms with Crippen LogP contribution in [0.5, 0.6) is 5.88 Å². The molecule has 0 bridgehead atoms. The molecule has 0 unspecified atom stereocenters. The minimum Gasteiger partial charge on any atom is -0.493 e. The zero-order valence-corrected chi connectivity index (χ0v) is 14.9. The quantitative estimate of drug-likeness (QED) is 0.570. The van der Waals surface area contributed by atoms with E-state index in [1.165, 1.54) is 52.8 Å². The molecule has 0 saturated heterocycles. The van der Waals surface area contributed by atoms with Crippen LogP contribution < -0.4 is 0 Å². The van der Waals surface area contributed by atoms with Crippen LogP contribution in [0.1, 0.15) is 45.8 Å². The van der Waals surface area contributed by atoms with Gasteiger partial charge in [-0.25, -0.2) is 4.39 Å². The minimum atomic E-state index is -0.422. The summed E-state index contributed by atoms with van der Waals surface area (Å²) in [4.78, 5) is 16.9. The Morgan fingerprint density at radius 3 is 2.81 bits per heavy atom. The fourth-order valence-electron chi connectivity index (χ4n) is 3.34. The number of nitrogens with zero attached hydrogens (tertiary/aromatic N) is 2. The Morgan fingerprint density at radius 2 is 1.96 bits per heavy atom. The third-order valence-corrected chi connectivity index (χ3v) is 5.89. The van der Waals surface area contributed by atoms with E-state index >= 15 is 0 Å². The molecule has 5 nitrogen and oxygen atoms in total. The average Bonchev–Trinajstić information content (AvgIpc) is 3.12. The predicted octanol–water partition coefficient (Wildman–Crippen LogP) is 5.66. The number of hydrogen-bond donors (Lipinski definition) is 2. The van der Waals surface area contributed by atoms with Gasteiger partial charge in [-0.2, -0.15) is 0 Å². The van der Waals surface area contributed by atoms with Crippen molar-refractivity contribution in [3.05, 3.63) is 45.4 Å². The molecule has 2 aromatic heterocycles. The number of carbonyl (C=O) groups excluding carboxylic acids is 1. The summed E-state index contributed by atoms with van der Waals surface area (Å²) in [5.41, 5.74) is 1.80. The number of thiophene rings is 1. The van der Waals surface area contributed by atoms with Crippen molar-refractivity contribution in [2.45, 2.75) is 38.5 Å². The van der Waals surface area contributed by atoms with Gasteiger partial charge in [-0.1, -0.05) is 12.8 Å². The first kappa shape index (κ1) is 16.9. The zero-order chi connectivity index (χ0) is 18.1. The molecule has 134 valence electrons. The third-order valence-electron chi connectivity index (χ3n) is 4.66. The molecule has 1 aliphatic rings. The van der Waals surface area contributed by atoms with Crippen LogP contribution in [0.4, 0.5) is 10.1 Å². The average molecular weight is 371 g/mol. The Morgan fingerprint density at radius 1 is 1.15 bits per heavy atom. The van der Waals surface area contributed by atoms with Gasteiger partial charge in [0.05, 0.1) is 10.4 Å². The molecule has 2 N–H and O–H groups in total. The van der Waals surface area contributed by atoms with Crippen LogP contribution in [0.2, 0.25) is 0 Å². The van der Waals surface area contributed by atoms with Crippen molar-refractivity contribution in [3.63, 3.8) is 0 Å².